The van der Waals surface area contributed by atoms with Crippen LogP contribution in [0, 0.1) is 5.92 Å². The van der Waals surface area contributed by atoms with Crippen molar-refractivity contribution in [3.05, 3.63) is 26.4 Å². The molecule has 1 aromatic rings. The van der Waals surface area contributed by atoms with Gasteiger partial charge >= 0.3 is 5.69 Å². The number of likely N-dealkylation sites (tertiary alicyclic amines) is 1. The number of aromatic nitrogens is 2. The number of nitrogen functional groups attached to an aromatic ring is 1. The van der Waals surface area contributed by atoms with Crippen molar-refractivity contribution in [2.45, 2.75) is 45.1 Å². The average Bonchev–Trinajstić information content (AvgIpc) is 3.31. The van der Waals surface area contributed by atoms with Crippen molar-refractivity contribution in [1.29, 1.82) is 0 Å². The Bertz CT molecular complexity index is 717. The van der Waals surface area contributed by atoms with E-state index in [-0.39, 0.29) is 29.8 Å². The van der Waals surface area contributed by atoms with E-state index in [0.717, 1.165) is 38.8 Å². The lowest BCUT2D eigenvalue weighted by atomic mass is 9.95. The van der Waals surface area contributed by atoms with Gasteiger partial charge in [-0.1, -0.05) is 13.3 Å². The summed E-state index contributed by atoms with van der Waals surface area (Å²) in [4.78, 5) is 40.9. The summed E-state index contributed by atoms with van der Waals surface area (Å²) in [7, 11) is 0. The molecule has 1 saturated carbocycles. The molecule has 0 amide bonds. The molecule has 126 valence electrons. The number of rotatable bonds is 5. The van der Waals surface area contributed by atoms with E-state index in [4.69, 9.17) is 5.73 Å². The van der Waals surface area contributed by atoms with Gasteiger partial charge in [0.05, 0.1) is 6.54 Å². The van der Waals surface area contributed by atoms with Crippen molar-refractivity contribution in [2.24, 2.45) is 5.92 Å². The molecule has 1 atom stereocenters. The summed E-state index contributed by atoms with van der Waals surface area (Å²) in [6, 6.07) is 0.0189. The van der Waals surface area contributed by atoms with Crippen LogP contribution in [0.25, 0.3) is 0 Å². The Hall–Kier alpha value is -1.89. The maximum atomic E-state index is 12.6. The van der Waals surface area contributed by atoms with E-state index in [0.29, 0.717) is 5.92 Å². The summed E-state index contributed by atoms with van der Waals surface area (Å²) in [5.41, 5.74) is 4.74. The molecule has 1 aliphatic carbocycles. The van der Waals surface area contributed by atoms with Gasteiger partial charge in [-0.3, -0.25) is 24.0 Å². The number of aromatic amines is 1. The van der Waals surface area contributed by atoms with Crippen LogP contribution in [0.1, 0.15) is 55.4 Å². The fourth-order valence-corrected chi connectivity index (χ4v) is 3.44. The van der Waals surface area contributed by atoms with Crippen LogP contribution in [-0.4, -0.2) is 39.9 Å². The highest BCUT2D eigenvalue weighted by Crippen LogP contribution is 2.35. The number of nitrogens with zero attached hydrogens (tertiary/aromatic N) is 2. The van der Waals surface area contributed by atoms with Gasteiger partial charge < -0.3 is 5.73 Å². The molecule has 7 heteroatoms. The van der Waals surface area contributed by atoms with E-state index in [1.165, 1.54) is 11.0 Å². The lowest BCUT2D eigenvalue weighted by Crippen LogP contribution is -2.42. The van der Waals surface area contributed by atoms with Gasteiger partial charge in [-0.15, -0.1) is 0 Å². The summed E-state index contributed by atoms with van der Waals surface area (Å²) in [5, 5.41) is 0. The van der Waals surface area contributed by atoms with E-state index in [1.807, 2.05) is 0 Å². The zero-order valence-corrected chi connectivity index (χ0v) is 13.5. The first-order valence-electron chi connectivity index (χ1n) is 8.41. The molecule has 0 radical (unpaired) electrons. The SMILES string of the molecule is CC[C@@H]1CCCN(CC(=O)c2c(N)n(C3CC3)c(=O)[nH]c2=O)C1. The highest BCUT2D eigenvalue weighted by atomic mass is 16.2. The van der Waals surface area contributed by atoms with Crippen molar-refractivity contribution in [1.82, 2.24) is 14.5 Å². The Morgan fingerprint density at radius 3 is 2.70 bits per heavy atom. The van der Waals surface area contributed by atoms with Crippen LogP contribution >= 0.6 is 0 Å². The zero-order valence-electron chi connectivity index (χ0n) is 13.5. The average molecular weight is 320 g/mol. The fourth-order valence-electron chi connectivity index (χ4n) is 3.44. The second-order valence-corrected chi connectivity index (χ2v) is 6.70. The number of hydrogen-bond acceptors (Lipinski definition) is 5. The van der Waals surface area contributed by atoms with Crippen molar-refractivity contribution in [3.8, 4) is 0 Å². The quantitative estimate of drug-likeness (QED) is 0.780. The molecule has 23 heavy (non-hydrogen) atoms. The number of hydrogen-bond donors (Lipinski definition) is 2. The summed E-state index contributed by atoms with van der Waals surface area (Å²) < 4.78 is 1.36. The lowest BCUT2D eigenvalue weighted by Gasteiger charge is -2.31. The zero-order chi connectivity index (χ0) is 16.6. The van der Waals surface area contributed by atoms with Crippen LogP contribution in [0.3, 0.4) is 0 Å². The predicted molar refractivity (Wildman–Crippen MR) is 87.8 cm³/mol. The van der Waals surface area contributed by atoms with Gasteiger partial charge in [0.15, 0.2) is 5.78 Å². The molecule has 2 heterocycles. The smallest absolute Gasteiger partial charge is 0.330 e. The minimum absolute atomic E-state index is 0.0189. The number of nitrogens with one attached hydrogen (secondary N) is 1. The van der Waals surface area contributed by atoms with Crippen LogP contribution in [0.2, 0.25) is 0 Å². The summed E-state index contributed by atoms with van der Waals surface area (Å²) in [6.07, 6.45) is 5.07. The van der Waals surface area contributed by atoms with Gasteiger partial charge in [-0.2, -0.15) is 0 Å². The highest BCUT2D eigenvalue weighted by molar-refractivity contribution is 6.01. The largest absolute Gasteiger partial charge is 0.384 e. The molecular formula is C16H24N4O3. The second-order valence-electron chi connectivity index (χ2n) is 6.70. The summed E-state index contributed by atoms with van der Waals surface area (Å²) in [6.45, 7) is 4.08. The van der Waals surface area contributed by atoms with E-state index >= 15 is 0 Å². The van der Waals surface area contributed by atoms with Crippen molar-refractivity contribution < 1.29 is 4.79 Å². The number of anilines is 1. The molecule has 0 unspecified atom stereocenters. The number of H-pyrrole nitrogens is 1. The molecule has 3 N–H and O–H groups in total. The fraction of sp³-hybridized carbons (Fsp3) is 0.688. The molecule has 1 aliphatic heterocycles. The predicted octanol–water partition coefficient (Wildman–Crippen LogP) is 0.758. The third-order valence-electron chi connectivity index (χ3n) is 4.92. The molecule has 0 spiro atoms. The van der Waals surface area contributed by atoms with Gasteiger partial charge in [0.2, 0.25) is 0 Å². The topological polar surface area (TPSA) is 101 Å². The molecule has 1 aromatic heterocycles. The molecule has 7 nitrogen and oxygen atoms in total. The van der Waals surface area contributed by atoms with Crippen LogP contribution in [-0.2, 0) is 0 Å². The monoisotopic (exact) mass is 320 g/mol. The highest BCUT2D eigenvalue weighted by Gasteiger charge is 2.30. The van der Waals surface area contributed by atoms with Gasteiger partial charge in [0, 0.05) is 12.6 Å². The van der Waals surface area contributed by atoms with Crippen LogP contribution < -0.4 is 17.0 Å². The van der Waals surface area contributed by atoms with Gasteiger partial charge in [-0.25, -0.2) is 4.79 Å². The van der Waals surface area contributed by atoms with Crippen LogP contribution in [0.5, 0.6) is 0 Å². The standard InChI is InChI=1S/C16H24N4O3/c1-2-10-4-3-7-19(8-10)9-12(21)13-14(17)20(11-5-6-11)16(23)18-15(13)22/h10-11H,2-9,17H2,1H3,(H,18,22,23)/t10-/m1/s1. The number of Topliss-reactive ketones (excluding diaryl/α,β-unsaturated/α-hetero) is 1. The van der Waals surface area contributed by atoms with E-state index in [2.05, 4.69) is 16.8 Å². The minimum Gasteiger partial charge on any atom is -0.384 e. The molecule has 3 rings (SSSR count). The number of carbonyl (C=O) groups excluding carboxylic acids is 1. The van der Waals surface area contributed by atoms with E-state index in [9.17, 15) is 14.4 Å². The van der Waals surface area contributed by atoms with E-state index in [1.54, 1.807) is 0 Å². The van der Waals surface area contributed by atoms with Gasteiger partial charge in [-0.05, 0) is 38.1 Å². The maximum Gasteiger partial charge on any atom is 0.330 e. The Morgan fingerprint density at radius 2 is 2.04 bits per heavy atom. The number of nitrogens with two attached hydrogens (primary N) is 1. The summed E-state index contributed by atoms with van der Waals surface area (Å²) in [5.74, 6) is 0.331. The molecule has 0 bridgehead atoms. The van der Waals surface area contributed by atoms with Gasteiger partial charge in [0.25, 0.3) is 5.56 Å². The van der Waals surface area contributed by atoms with Crippen LogP contribution in [0.15, 0.2) is 9.59 Å². The Morgan fingerprint density at radius 1 is 1.30 bits per heavy atom. The first-order chi connectivity index (χ1) is 11.0. The Kier molecular flexibility index (Phi) is 4.39. The number of piperidine rings is 1. The van der Waals surface area contributed by atoms with Crippen molar-refractivity contribution in [2.75, 3.05) is 25.4 Å². The normalized spacial score (nSPS) is 22.2. The minimum atomic E-state index is -0.668. The first kappa shape index (κ1) is 16.0. The van der Waals surface area contributed by atoms with Gasteiger partial charge in [0.1, 0.15) is 11.4 Å². The first-order valence-corrected chi connectivity index (χ1v) is 8.41. The second kappa shape index (κ2) is 6.31. The Labute approximate surface area is 134 Å². The molecular weight excluding hydrogens is 296 g/mol. The van der Waals surface area contributed by atoms with Crippen LogP contribution in [0.4, 0.5) is 5.82 Å². The third-order valence-corrected chi connectivity index (χ3v) is 4.92. The summed E-state index contributed by atoms with van der Waals surface area (Å²) >= 11 is 0. The van der Waals surface area contributed by atoms with Crippen molar-refractivity contribution in [3.63, 3.8) is 0 Å². The lowest BCUT2D eigenvalue weighted by molar-refractivity contribution is 0.0883. The number of carbonyl (C=O) groups is 1. The number of ketones is 1. The molecule has 2 aliphatic rings. The molecule has 2 fully saturated rings. The third kappa shape index (κ3) is 3.24. The maximum absolute atomic E-state index is 12.6. The van der Waals surface area contributed by atoms with E-state index < -0.39 is 11.2 Å². The Balaban J connectivity index is 1.83. The molecule has 0 aromatic carbocycles. The van der Waals surface area contributed by atoms with Crippen molar-refractivity contribution >= 4 is 11.6 Å². The molecule has 1 saturated heterocycles.